The van der Waals surface area contributed by atoms with Gasteiger partial charge in [-0.15, -0.1) is 0 Å². The van der Waals surface area contributed by atoms with E-state index in [9.17, 15) is 4.79 Å². The molecule has 0 unspecified atom stereocenters. The monoisotopic (exact) mass is 318 g/mol. The van der Waals surface area contributed by atoms with Crippen molar-refractivity contribution < 1.29 is 4.79 Å². The summed E-state index contributed by atoms with van der Waals surface area (Å²) in [7, 11) is 0. The van der Waals surface area contributed by atoms with Gasteiger partial charge in [-0.3, -0.25) is 4.79 Å². The van der Waals surface area contributed by atoms with Crippen LogP contribution < -0.4 is 4.90 Å². The lowest BCUT2D eigenvalue weighted by molar-refractivity contribution is -0.117. The minimum absolute atomic E-state index is 0.204. The predicted octanol–water partition coefficient (Wildman–Crippen LogP) is 3.12. The van der Waals surface area contributed by atoms with Crippen LogP contribution in [0, 0.1) is 0 Å². The molecule has 0 atom stereocenters. The number of carbonyl (C=O) groups excluding carboxylic acids is 1. The van der Waals surface area contributed by atoms with Crippen molar-refractivity contribution in [3.8, 4) is 11.4 Å². The molecule has 1 aliphatic heterocycles. The van der Waals surface area contributed by atoms with Crippen molar-refractivity contribution in [2.45, 2.75) is 19.4 Å². The molecule has 5 nitrogen and oxygen atoms in total. The van der Waals surface area contributed by atoms with Crippen LogP contribution in [0.25, 0.3) is 11.4 Å². The summed E-state index contributed by atoms with van der Waals surface area (Å²) in [5.74, 6) is 1.04. The van der Waals surface area contributed by atoms with Crippen molar-refractivity contribution >= 4 is 11.6 Å². The van der Waals surface area contributed by atoms with Gasteiger partial charge < -0.3 is 4.90 Å². The molecule has 1 fully saturated rings. The fourth-order valence-corrected chi connectivity index (χ4v) is 3.07. The highest BCUT2D eigenvalue weighted by atomic mass is 16.2. The van der Waals surface area contributed by atoms with Crippen LogP contribution in [0.3, 0.4) is 0 Å². The Morgan fingerprint density at radius 1 is 1.00 bits per heavy atom. The summed E-state index contributed by atoms with van der Waals surface area (Å²) >= 11 is 0. The smallest absolute Gasteiger partial charge is 0.227 e. The van der Waals surface area contributed by atoms with Crippen molar-refractivity contribution in [1.29, 1.82) is 0 Å². The van der Waals surface area contributed by atoms with Gasteiger partial charge in [0.15, 0.2) is 5.82 Å². The number of amides is 1. The summed E-state index contributed by atoms with van der Waals surface area (Å²) in [5.41, 5.74) is 3.14. The van der Waals surface area contributed by atoms with E-state index < -0.39 is 0 Å². The van der Waals surface area contributed by atoms with Crippen molar-refractivity contribution in [1.82, 2.24) is 14.8 Å². The first kappa shape index (κ1) is 14.6. The molecule has 24 heavy (non-hydrogen) atoms. The lowest BCUT2D eigenvalue weighted by atomic mass is 10.1. The Kier molecular flexibility index (Phi) is 3.83. The van der Waals surface area contributed by atoms with Gasteiger partial charge in [-0.25, -0.2) is 9.67 Å². The molecule has 2 heterocycles. The van der Waals surface area contributed by atoms with Crippen LogP contribution >= 0.6 is 0 Å². The highest BCUT2D eigenvalue weighted by Crippen LogP contribution is 2.25. The Morgan fingerprint density at radius 3 is 2.50 bits per heavy atom. The van der Waals surface area contributed by atoms with Crippen LogP contribution in [-0.4, -0.2) is 27.2 Å². The van der Waals surface area contributed by atoms with Crippen molar-refractivity contribution in [2.75, 3.05) is 11.4 Å². The first-order valence-electron chi connectivity index (χ1n) is 8.14. The topological polar surface area (TPSA) is 51.0 Å². The van der Waals surface area contributed by atoms with Crippen LogP contribution in [-0.2, 0) is 11.3 Å². The van der Waals surface area contributed by atoms with Crippen LogP contribution in [0.1, 0.15) is 18.4 Å². The second-order valence-corrected chi connectivity index (χ2v) is 5.92. The number of hydrogen-bond acceptors (Lipinski definition) is 3. The molecule has 0 radical (unpaired) electrons. The maximum Gasteiger partial charge on any atom is 0.227 e. The van der Waals surface area contributed by atoms with E-state index in [1.54, 1.807) is 6.33 Å². The third kappa shape index (κ3) is 2.80. The van der Waals surface area contributed by atoms with Gasteiger partial charge in [0, 0.05) is 24.2 Å². The fraction of sp³-hybridized carbons (Fsp3) is 0.211. The van der Waals surface area contributed by atoms with Gasteiger partial charge in [-0.1, -0.05) is 30.3 Å². The molecule has 0 spiro atoms. The average molecular weight is 318 g/mol. The highest BCUT2D eigenvalue weighted by Gasteiger charge is 2.21. The first-order chi connectivity index (χ1) is 11.8. The second-order valence-electron chi connectivity index (χ2n) is 5.92. The molecule has 1 amide bonds. The van der Waals surface area contributed by atoms with Crippen LogP contribution in [0.4, 0.5) is 5.69 Å². The summed E-state index contributed by atoms with van der Waals surface area (Å²) in [6, 6.07) is 18.2. The molecule has 0 bridgehead atoms. The van der Waals surface area contributed by atoms with Crippen molar-refractivity contribution in [3.63, 3.8) is 0 Å². The third-order valence-electron chi connectivity index (χ3n) is 4.30. The Labute approximate surface area is 140 Å². The zero-order valence-corrected chi connectivity index (χ0v) is 13.3. The Hall–Kier alpha value is -2.95. The summed E-state index contributed by atoms with van der Waals surface area (Å²) in [6.45, 7) is 1.49. The summed E-state index contributed by atoms with van der Waals surface area (Å²) in [5, 5.41) is 4.34. The number of carbonyl (C=O) groups is 1. The number of hydrogen-bond donors (Lipinski definition) is 0. The van der Waals surface area contributed by atoms with E-state index in [0.29, 0.717) is 13.0 Å². The van der Waals surface area contributed by atoms with E-state index in [0.717, 1.165) is 30.0 Å². The van der Waals surface area contributed by atoms with Gasteiger partial charge in [0.2, 0.25) is 5.91 Å². The summed E-state index contributed by atoms with van der Waals surface area (Å²) in [6.07, 6.45) is 3.16. The van der Waals surface area contributed by atoms with Gasteiger partial charge >= 0.3 is 0 Å². The fourth-order valence-electron chi connectivity index (χ4n) is 3.07. The lowest BCUT2D eigenvalue weighted by Crippen LogP contribution is -2.23. The maximum absolute atomic E-state index is 11.8. The lowest BCUT2D eigenvalue weighted by Gasteiger charge is -2.16. The number of aromatic nitrogens is 3. The van der Waals surface area contributed by atoms with E-state index in [4.69, 9.17) is 0 Å². The quantitative estimate of drug-likeness (QED) is 0.742. The second kappa shape index (κ2) is 6.28. The molecular weight excluding hydrogens is 300 g/mol. The van der Waals surface area contributed by atoms with Gasteiger partial charge in [0.1, 0.15) is 6.33 Å². The Morgan fingerprint density at radius 2 is 1.79 bits per heavy atom. The van der Waals surface area contributed by atoms with Gasteiger partial charge in [-0.05, 0) is 36.2 Å². The first-order valence-corrected chi connectivity index (χ1v) is 8.14. The Bertz CT molecular complexity index is 839. The molecule has 0 saturated carbocycles. The minimum Gasteiger partial charge on any atom is -0.312 e. The van der Waals surface area contributed by atoms with E-state index in [1.165, 1.54) is 5.56 Å². The standard InChI is InChI=1S/C19H18N4O/c24-18-7-4-12-22(18)17-10-8-16(9-11-17)19-20-14-21-23(19)13-15-5-2-1-3-6-15/h1-3,5-6,8-11,14H,4,7,12-13H2. The van der Waals surface area contributed by atoms with Crippen LogP contribution in [0.15, 0.2) is 60.9 Å². The van der Waals surface area contributed by atoms with Crippen molar-refractivity contribution in [3.05, 3.63) is 66.5 Å². The number of rotatable bonds is 4. The largest absolute Gasteiger partial charge is 0.312 e. The average Bonchev–Trinajstić information content (AvgIpc) is 3.25. The van der Waals surface area contributed by atoms with Crippen molar-refractivity contribution in [2.24, 2.45) is 0 Å². The minimum atomic E-state index is 0.204. The molecule has 1 aliphatic rings. The molecule has 4 rings (SSSR count). The number of anilines is 1. The molecule has 3 aromatic rings. The predicted molar refractivity (Wildman–Crippen MR) is 92.6 cm³/mol. The van der Waals surface area contributed by atoms with Crippen LogP contribution in [0.2, 0.25) is 0 Å². The van der Waals surface area contributed by atoms with E-state index in [-0.39, 0.29) is 5.91 Å². The molecule has 120 valence electrons. The summed E-state index contributed by atoms with van der Waals surface area (Å²) in [4.78, 5) is 18.1. The zero-order valence-electron chi connectivity index (χ0n) is 13.3. The van der Waals surface area contributed by atoms with Gasteiger partial charge in [-0.2, -0.15) is 5.10 Å². The molecule has 5 heteroatoms. The van der Waals surface area contributed by atoms with E-state index in [2.05, 4.69) is 22.2 Å². The number of nitrogens with zero attached hydrogens (tertiary/aromatic N) is 4. The third-order valence-corrected chi connectivity index (χ3v) is 4.30. The van der Waals surface area contributed by atoms with E-state index in [1.807, 2.05) is 52.0 Å². The number of benzene rings is 2. The van der Waals surface area contributed by atoms with Gasteiger partial charge in [0.05, 0.1) is 6.54 Å². The SMILES string of the molecule is O=C1CCCN1c1ccc(-c2ncnn2Cc2ccccc2)cc1. The zero-order chi connectivity index (χ0) is 16.4. The molecule has 0 N–H and O–H groups in total. The normalized spacial score (nSPS) is 14.3. The Balaban J connectivity index is 1.58. The maximum atomic E-state index is 11.8. The molecule has 2 aromatic carbocycles. The van der Waals surface area contributed by atoms with E-state index >= 15 is 0 Å². The molecule has 0 aliphatic carbocycles. The molecule has 1 saturated heterocycles. The molecule has 1 aromatic heterocycles. The van der Waals surface area contributed by atoms with Crippen LogP contribution in [0.5, 0.6) is 0 Å². The highest BCUT2D eigenvalue weighted by molar-refractivity contribution is 5.95. The summed E-state index contributed by atoms with van der Waals surface area (Å²) < 4.78 is 1.89. The molecular formula is C19H18N4O. The van der Waals surface area contributed by atoms with Gasteiger partial charge in [0.25, 0.3) is 0 Å².